The molecule has 1 saturated heterocycles. The van der Waals surface area contributed by atoms with Crippen LogP contribution in [0.3, 0.4) is 0 Å². The monoisotopic (exact) mass is 550 g/mol. The zero-order valence-corrected chi connectivity index (χ0v) is 24.0. The number of amides is 3. The van der Waals surface area contributed by atoms with E-state index in [0.29, 0.717) is 60.1 Å². The summed E-state index contributed by atoms with van der Waals surface area (Å²) in [6.45, 7) is 7.97. The van der Waals surface area contributed by atoms with Gasteiger partial charge in [0.2, 0.25) is 0 Å². The van der Waals surface area contributed by atoms with E-state index in [1.54, 1.807) is 32.2 Å². The Kier molecular flexibility index (Phi) is 8.99. The Hall–Kier alpha value is -4.05. The van der Waals surface area contributed by atoms with Gasteiger partial charge in [0.05, 0.1) is 32.4 Å². The number of para-hydroxylation sites is 1. The van der Waals surface area contributed by atoms with Crippen molar-refractivity contribution >= 4 is 17.9 Å². The molecule has 1 N–H and O–H groups in total. The first-order valence-electron chi connectivity index (χ1n) is 13.4. The van der Waals surface area contributed by atoms with E-state index in [4.69, 9.17) is 14.2 Å². The van der Waals surface area contributed by atoms with E-state index in [1.165, 1.54) is 19.1 Å². The van der Waals surface area contributed by atoms with Gasteiger partial charge in [0, 0.05) is 56.1 Å². The topological polar surface area (TPSA) is 101 Å². The highest BCUT2D eigenvalue weighted by atomic mass is 16.5. The van der Waals surface area contributed by atoms with Crippen LogP contribution in [-0.4, -0.2) is 92.7 Å². The van der Waals surface area contributed by atoms with Crippen molar-refractivity contribution in [3.63, 3.8) is 0 Å². The van der Waals surface area contributed by atoms with Crippen molar-refractivity contribution in [2.75, 3.05) is 54.1 Å². The molecule has 2 heterocycles. The summed E-state index contributed by atoms with van der Waals surface area (Å²) in [6, 6.07) is 11.7. The molecule has 0 unspecified atom stereocenters. The predicted octanol–water partition coefficient (Wildman–Crippen LogP) is 3.37. The summed E-state index contributed by atoms with van der Waals surface area (Å²) < 4.78 is 16.6. The summed E-state index contributed by atoms with van der Waals surface area (Å²) in [4.78, 5) is 45.3. The molecule has 3 amide bonds. The number of rotatable bonds is 8. The van der Waals surface area contributed by atoms with Crippen LogP contribution in [0.5, 0.6) is 11.5 Å². The summed E-state index contributed by atoms with van der Waals surface area (Å²) in [5, 5.41) is 2.94. The van der Waals surface area contributed by atoms with Gasteiger partial charge in [-0.25, -0.2) is 9.59 Å². The first-order valence-corrected chi connectivity index (χ1v) is 13.4. The summed E-state index contributed by atoms with van der Waals surface area (Å²) in [7, 11) is 4.70. The van der Waals surface area contributed by atoms with Crippen molar-refractivity contribution in [3.8, 4) is 11.5 Å². The molecule has 2 aliphatic rings. The number of nitrogens with one attached hydrogen (secondary N) is 1. The highest BCUT2D eigenvalue weighted by Crippen LogP contribution is 2.40. The number of esters is 1. The second-order valence-electron chi connectivity index (χ2n) is 10.1. The average molecular weight is 551 g/mol. The molecule has 2 aromatic rings. The lowest BCUT2D eigenvalue weighted by atomic mass is 9.93. The van der Waals surface area contributed by atoms with Gasteiger partial charge in [0.1, 0.15) is 0 Å². The molecular weight excluding hydrogens is 512 g/mol. The fraction of sp³-hybridized carbons (Fsp3) is 0.433. The van der Waals surface area contributed by atoms with E-state index in [-0.39, 0.29) is 24.6 Å². The van der Waals surface area contributed by atoms with Crippen molar-refractivity contribution < 1.29 is 28.6 Å². The Morgan fingerprint density at radius 1 is 1.05 bits per heavy atom. The lowest BCUT2D eigenvalue weighted by molar-refractivity contribution is -0.139. The molecular formula is C30H38N4O6. The molecule has 0 bridgehead atoms. The Labute approximate surface area is 235 Å². The largest absolute Gasteiger partial charge is 0.493 e. The number of carbonyl (C=O) groups excluding carboxylic acids is 3. The number of benzene rings is 2. The summed E-state index contributed by atoms with van der Waals surface area (Å²) >= 11 is 0. The van der Waals surface area contributed by atoms with Crippen molar-refractivity contribution in [3.05, 3.63) is 70.4 Å². The molecule has 10 heteroatoms. The smallest absolute Gasteiger partial charge is 0.338 e. The Bertz CT molecular complexity index is 1290. The maximum atomic E-state index is 13.4. The molecule has 0 radical (unpaired) electrons. The normalized spacial score (nSPS) is 19.8. The minimum atomic E-state index is -0.801. The lowest BCUT2D eigenvalue weighted by Gasteiger charge is -2.42. The molecule has 40 heavy (non-hydrogen) atoms. The van der Waals surface area contributed by atoms with Crippen LogP contribution in [0, 0.1) is 6.92 Å². The van der Waals surface area contributed by atoms with E-state index >= 15 is 0 Å². The van der Waals surface area contributed by atoms with Gasteiger partial charge in [-0.3, -0.25) is 14.6 Å². The van der Waals surface area contributed by atoms with Gasteiger partial charge in [0.15, 0.2) is 11.5 Å². The number of urea groups is 1. The standard InChI is InChI=1S/C30H38N4O6/c1-7-40-29(36)25-23(32(4)30(37)31-26(25)22-9-8-10-24(38-5)27(22)39-6)18-33-15-16-34(20(3)17-33)28(35)21-13-11-19(2)12-14-21/h8-14,20,26H,7,15-18H2,1-6H3,(H,31,37)/t20-,26+/m1/s1. The zero-order chi connectivity index (χ0) is 29.0. The quantitative estimate of drug-likeness (QED) is 0.503. The Morgan fingerprint density at radius 2 is 1.77 bits per heavy atom. The van der Waals surface area contributed by atoms with Crippen molar-refractivity contribution in [2.45, 2.75) is 32.9 Å². The molecule has 0 spiro atoms. The van der Waals surface area contributed by atoms with Gasteiger partial charge in [0.25, 0.3) is 5.91 Å². The summed E-state index contributed by atoms with van der Waals surface area (Å²) in [5.41, 5.74) is 3.23. The fourth-order valence-electron chi connectivity index (χ4n) is 5.32. The minimum absolute atomic E-state index is 0.00192. The molecule has 4 rings (SSSR count). The highest BCUT2D eigenvalue weighted by Gasteiger charge is 2.40. The Balaban J connectivity index is 1.65. The fourth-order valence-corrected chi connectivity index (χ4v) is 5.32. The van der Waals surface area contributed by atoms with Gasteiger partial charge < -0.3 is 24.4 Å². The molecule has 2 aromatic carbocycles. The van der Waals surface area contributed by atoms with Crippen LogP contribution in [0.2, 0.25) is 0 Å². The van der Waals surface area contributed by atoms with Crippen molar-refractivity contribution in [1.29, 1.82) is 0 Å². The van der Waals surface area contributed by atoms with Gasteiger partial charge >= 0.3 is 12.0 Å². The zero-order valence-electron chi connectivity index (χ0n) is 24.0. The molecule has 0 aliphatic carbocycles. The highest BCUT2D eigenvalue weighted by molar-refractivity contribution is 5.96. The second-order valence-corrected chi connectivity index (χ2v) is 10.1. The van der Waals surface area contributed by atoms with Gasteiger partial charge in [-0.1, -0.05) is 29.8 Å². The van der Waals surface area contributed by atoms with Crippen LogP contribution in [0.15, 0.2) is 53.7 Å². The number of aryl methyl sites for hydroxylation is 1. The van der Waals surface area contributed by atoms with Crippen LogP contribution >= 0.6 is 0 Å². The van der Waals surface area contributed by atoms with E-state index in [2.05, 4.69) is 10.2 Å². The maximum absolute atomic E-state index is 13.4. The van der Waals surface area contributed by atoms with Crippen LogP contribution in [0.25, 0.3) is 0 Å². The molecule has 0 aromatic heterocycles. The second kappa shape index (κ2) is 12.4. The van der Waals surface area contributed by atoms with E-state index in [1.807, 2.05) is 43.0 Å². The first kappa shape index (κ1) is 28.9. The van der Waals surface area contributed by atoms with Crippen LogP contribution < -0.4 is 14.8 Å². The molecule has 2 atom stereocenters. The van der Waals surface area contributed by atoms with Crippen LogP contribution in [0.4, 0.5) is 4.79 Å². The summed E-state index contributed by atoms with van der Waals surface area (Å²) in [5.74, 6) is 0.400. The van der Waals surface area contributed by atoms with Gasteiger partial charge in [-0.2, -0.15) is 0 Å². The van der Waals surface area contributed by atoms with Crippen molar-refractivity contribution in [1.82, 2.24) is 20.0 Å². The number of piperazine rings is 1. The predicted molar refractivity (Wildman–Crippen MR) is 150 cm³/mol. The molecule has 2 aliphatic heterocycles. The number of hydrogen-bond acceptors (Lipinski definition) is 7. The van der Waals surface area contributed by atoms with E-state index in [0.717, 1.165) is 5.56 Å². The molecule has 10 nitrogen and oxygen atoms in total. The maximum Gasteiger partial charge on any atom is 0.338 e. The van der Waals surface area contributed by atoms with Crippen LogP contribution in [0.1, 0.15) is 41.4 Å². The summed E-state index contributed by atoms with van der Waals surface area (Å²) in [6.07, 6.45) is 0. The molecule has 1 fully saturated rings. The first-order chi connectivity index (χ1) is 19.2. The van der Waals surface area contributed by atoms with Crippen molar-refractivity contribution in [2.24, 2.45) is 0 Å². The number of ether oxygens (including phenoxy) is 3. The third-order valence-electron chi connectivity index (χ3n) is 7.46. The number of hydrogen-bond donors (Lipinski definition) is 1. The molecule has 0 saturated carbocycles. The lowest BCUT2D eigenvalue weighted by Crippen LogP contribution is -2.56. The SMILES string of the molecule is CCOC(=O)C1=C(CN2CCN(C(=O)c3ccc(C)cc3)[C@H](C)C2)N(C)C(=O)N[C@H]1c1cccc(OC)c1OC. The number of nitrogens with zero attached hydrogens (tertiary/aromatic N) is 3. The van der Waals surface area contributed by atoms with E-state index < -0.39 is 12.0 Å². The van der Waals surface area contributed by atoms with E-state index in [9.17, 15) is 14.4 Å². The minimum Gasteiger partial charge on any atom is -0.493 e. The average Bonchev–Trinajstić information content (AvgIpc) is 2.95. The number of carbonyl (C=O) groups is 3. The third-order valence-corrected chi connectivity index (χ3v) is 7.46. The van der Waals surface area contributed by atoms with Gasteiger partial charge in [-0.15, -0.1) is 0 Å². The van der Waals surface area contributed by atoms with Crippen LogP contribution in [-0.2, 0) is 9.53 Å². The number of likely N-dealkylation sites (N-methyl/N-ethyl adjacent to an activating group) is 1. The third kappa shape index (κ3) is 5.77. The Morgan fingerprint density at radius 3 is 2.40 bits per heavy atom. The van der Waals surface area contributed by atoms with Gasteiger partial charge in [-0.05, 0) is 39.0 Å². The number of methoxy groups -OCH3 is 2. The molecule has 214 valence electrons.